The number of ether oxygens (including phenoxy) is 3. The number of methoxy groups -OCH3 is 1. The second kappa shape index (κ2) is 22.7. The van der Waals surface area contributed by atoms with Crippen LogP contribution in [0.25, 0.3) is 55.4 Å². The number of aromatic nitrogens is 9. The maximum absolute atomic E-state index is 16.2. The third-order valence-corrected chi connectivity index (χ3v) is 16.9. The predicted octanol–water partition coefficient (Wildman–Crippen LogP) is 7.72. The number of H-pyrrole nitrogens is 1. The molecule has 2 amide bonds. The number of β-amino-alcohol motifs (C(OH)–C–C–N with tert-alkyl or cyclic N) is 1. The molecule has 20 nitrogen and oxygen atoms in total. The maximum atomic E-state index is 16.2. The first kappa shape index (κ1) is 55.6. The van der Waals surface area contributed by atoms with Gasteiger partial charge in [-0.15, -0.1) is 5.10 Å². The van der Waals surface area contributed by atoms with Crippen LogP contribution in [0, 0.1) is 24.5 Å². The number of piperazine rings is 1. The van der Waals surface area contributed by atoms with E-state index in [1.807, 2.05) is 87.0 Å². The SMILES string of the molecule is CCn1nccc1-c1ccc([C@@H](NC(=O)[C@@H]2C[C@@H](O)CN2C(=O)[C@H](C(C)C)n2cc(-c3ccc(COc4c(-c5c(C)c(F)c(F)c6[nH]ncc56)c(C5CC5)cc5c(N6C[C@@H]7C[C@H]6CN7)nc(OC[C@H](C)OC)nc45)cc3)nn2)[C@H](C)O)cc1. The molecule has 1 saturated carbocycles. The van der Waals surface area contributed by atoms with Crippen molar-refractivity contribution in [1.29, 1.82) is 0 Å². The minimum atomic E-state index is -1.01. The van der Waals surface area contributed by atoms with Gasteiger partial charge in [0.25, 0.3) is 0 Å². The first-order chi connectivity index (χ1) is 40.1. The monoisotopic (exact) mass is 1130 g/mol. The van der Waals surface area contributed by atoms with Crippen LogP contribution in [0.15, 0.2) is 79.3 Å². The molecule has 0 spiro atoms. The molecule has 4 aliphatic rings. The van der Waals surface area contributed by atoms with Crippen LogP contribution in [0.1, 0.15) is 101 Å². The van der Waals surface area contributed by atoms with Gasteiger partial charge in [0, 0.05) is 85.5 Å². The van der Waals surface area contributed by atoms with Crippen LogP contribution in [-0.2, 0) is 27.5 Å². The van der Waals surface area contributed by atoms with Gasteiger partial charge in [0.1, 0.15) is 47.8 Å². The van der Waals surface area contributed by atoms with Crippen molar-refractivity contribution in [3.63, 3.8) is 0 Å². The summed E-state index contributed by atoms with van der Waals surface area (Å²) in [4.78, 5) is 42.8. The molecule has 8 aromatic rings. The molecule has 22 heteroatoms. The highest BCUT2D eigenvalue weighted by atomic mass is 19.2. The quantitative estimate of drug-likeness (QED) is 0.0491. The van der Waals surface area contributed by atoms with E-state index in [-0.39, 0.29) is 67.3 Å². The number of aliphatic hydroxyl groups excluding tert-OH is 2. The second-order valence-corrected chi connectivity index (χ2v) is 23.0. The number of aromatic amines is 1. The average molecular weight is 1130 g/mol. The number of nitrogens with one attached hydrogen (secondary N) is 3. The highest BCUT2D eigenvalue weighted by molar-refractivity contribution is 6.06. The van der Waals surface area contributed by atoms with E-state index in [0.29, 0.717) is 57.2 Å². The van der Waals surface area contributed by atoms with E-state index in [9.17, 15) is 19.8 Å². The number of likely N-dealkylation sites (tertiary alicyclic amines) is 1. The van der Waals surface area contributed by atoms with Crippen LogP contribution in [0.5, 0.6) is 11.8 Å². The first-order valence-electron chi connectivity index (χ1n) is 28.7. The fraction of sp³-hybridized carbons (Fsp3) is 0.443. The molecule has 8 atom stereocenters. The third-order valence-electron chi connectivity index (χ3n) is 16.9. The maximum Gasteiger partial charge on any atom is 0.319 e. The Morgan fingerprint density at radius 3 is 2.39 bits per heavy atom. The summed E-state index contributed by atoms with van der Waals surface area (Å²) in [5.41, 5.74) is 7.05. The summed E-state index contributed by atoms with van der Waals surface area (Å²) in [6.45, 7) is 13.3. The summed E-state index contributed by atoms with van der Waals surface area (Å²) < 4.78 is 54.0. The van der Waals surface area contributed by atoms with Crippen LogP contribution in [-0.4, -0.2) is 142 Å². The zero-order valence-corrected chi connectivity index (χ0v) is 47.5. The van der Waals surface area contributed by atoms with Crippen LogP contribution in [0.2, 0.25) is 0 Å². The van der Waals surface area contributed by atoms with Gasteiger partial charge in [-0.2, -0.15) is 20.2 Å². The molecule has 0 radical (unpaired) electrons. The molecule has 434 valence electrons. The number of fused-ring (bicyclic) bond motifs is 4. The largest absolute Gasteiger partial charge is 0.486 e. The van der Waals surface area contributed by atoms with E-state index in [0.717, 1.165) is 65.9 Å². The van der Waals surface area contributed by atoms with Crippen molar-refractivity contribution in [2.24, 2.45) is 5.92 Å². The molecule has 0 unspecified atom stereocenters. The fourth-order valence-electron chi connectivity index (χ4n) is 12.3. The van der Waals surface area contributed by atoms with Gasteiger partial charge < -0.3 is 44.9 Å². The number of nitrogens with zero attached hydrogens (tertiary/aromatic N) is 10. The van der Waals surface area contributed by atoms with Crippen molar-refractivity contribution in [3.05, 3.63) is 113 Å². The van der Waals surface area contributed by atoms with Gasteiger partial charge >= 0.3 is 6.01 Å². The molecular weight excluding hydrogens is 1060 g/mol. The van der Waals surface area contributed by atoms with E-state index in [4.69, 9.17) is 24.2 Å². The van der Waals surface area contributed by atoms with Crippen molar-refractivity contribution >= 4 is 39.4 Å². The Hall–Kier alpha value is -7.92. The highest BCUT2D eigenvalue weighted by Gasteiger charge is 2.44. The van der Waals surface area contributed by atoms with E-state index in [1.54, 1.807) is 33.4 Å². The molecule has 12 rings (SSSR count). The van der Waals surface area contributed by atoms with Crippen molar-refractivity contribution in [3.8, 4) is 45.4 Å². The van der Waals surface area contributed by atoms with Crippen LogP contribution in [0.4, 0.5) is 14.6 Å². The lowest BCUT2D eigenvalue weighted by Crippen LogP contribution is -2.50. The number of amides is 2. The van der Waals surface area contributed by atoms with Crippen molar-refractivity contribution in [2.75, 3.05) is 38.3 Å². The van der Waals surface area contributed by atoms with Crippen LogP contribution < -0.4 is 25.0 Å². The normalized spacial score (nSPS) is 20.2. The molecule has 83 heavy (non-hydrogen) atoms. The summed E-state index contributed by atoms with van der Waals surface area (Å²) in [6, 6.07) is 17.1. The Balaban J connectivity index is 0.827. The number of halogens is 2. The fourth-order valence-corrected chi connectivity index (χ4v) is 12.3. The molecular formula is C61H69F2N13O7. The van der Waals surface area contributed by atoms with Crippen molar-refractivity contribution in [1.82, 2.24) is 60.5 Å². The molecule has 3 saturated heterocycles. The Kier molecular flexibility index (Phi) is 15.2. The Bertz CT molecular complexity index is 3710. The zero-order chi connectivity index (χ0) is 58.0. The number of carbonyl (C=O) groups is 2. The molecule has 1 aliphatic carbocycles. The molecule has 7 heterocycles. The van der Waals surface area contributed by atoms with Crippen molar-refractivity contribution in [2.45, 2.75) is 135 Å². The number of hydrogen-bond acceptors (Lipinski definition) is 15. The summed E-state index contributed by atoms with van der Waals surface area (Å²) in [6.07, 6.45) is 5.56. The minimum absolute atomic E-state index is 0.0193. The summed E-state index contributed by atoms with van der Waals surface area (Å²) >= 11 is 0. The van der Waals surface area contributed by atoms with Crippen LogP contribution in [0.3, 0.4) is 0 Å². The standard InChI is InChI=1S/C61H69F2N13O7/c1-8-75-47(19-20-66-75)38-15-17-39(18-16-38)53(34(6)77)67-59(79)48-22-42(78)27-74(48)60(80)56(31(2)3)76-28-46(70-72-76)37-11-9-35(10-12-37)30-82-57-50(49-33(5)51(62)52(63)54-45(49)25-65-71-54)43(36-13-14-36)23-44-55(57)68-61(83-29-32(4)81-7)69-58(44)73-26-40-21-41(73)24-64-40/h9-12,15-20,23,25,28,31-32,34,36,40-42,48,53,56,64,77-78H,8,13-14,21-22,24,26-27,29-30H2,1-7H3,(H,65,71)(H,67,79)/t32-,34-,40-,41-,42+,48-,53-,56-/m0/s1. The van der Waals surface area contributed by atoms with E-state index >= 15 is 8.78 Å². The van der Waals surface area contributed by atoms with Gasteiger partial charge in [-0.05, 0) is 98.7 Å². The lowest BCUT2D eigenvalue weighted by Gasteiger charge is -2.31. The van der Waals surface area contributed by atoms with Gasteiger partial charge in [-0.25, -0.2) is 13.5 Å². The van der Waals surface area contributed by atoms with Gasteiger partial charge in [-0.3, -0.25) is 19.4 Å². The zero-order valence-electron chi connectivity index (χ0n) is 47.5. The Morgan fingerprint density at radius 2 is 1.70 bits per heavy atom. The van der Waals surface area contributed by atoms with Gasteiger partial charge in [0.2, 0.25) is 11.8 Å². The smallest absolute Gasteiger partial charge is 0.319 e. The van der Waals surface area contributed by atoms with E-state index in [1.165, 1.54) is 15.8 Å². The molecule has 4 fully saturated rings. The van der Waals surface area contributed by atoms with Crippen molar-refractivity contribution < 1.29 is 42.8 Å². The van der Waals surface area contributed by atoms with Gasteiger partial charge in [0.15, 0.2) is 17.4 Å². The number of benzene rings is 4. The molecule has 4 aromatic heterocycles. The summed E-state index contributed by atoms with van der Waals surface area (Å²) in [7, 11) is 1.61. The number of rotatable bonds is 20. The van der Waals surface area contributed by atoms with Gasteiger partial charge in [-0.1, -0.05) is 67.6 Å². The lowest BCUT2D eigenvalue weighted by molar-refractivity contribution is -0.143. The number of carbonyl (C=O) groups excluding carboxylic acids is 2. The van der Waals surface area contributed by atoms with E-state index < -0.39 is 53.8 Å². The molecule has 3 aliphatic heterocycles. The Labute approximate surface area is 478 Å². The second-order valence-electron chi connectivity index (χ2n) is 23.0. The first-order valence-corrected chi connectivity index (χ1v) is 28.7. The average Bonchev–Trinajstić information content (AvgIpc) is 2.22. The molecule has 4 aromatic carbocycles. The molecule has 2 bridgehead atoms. The summed E-state index contributed by atoms with van der Waals surface area (Å²) in [5.74, 6) is -1.98. The minimum Gasteiger partial charge on any atom is -0.486 e. The Morgan fingerprint density at radius 1 is 0.928 bits per heavy atom. The number of aliphatic hydroxyl groups is 2. The topological polar surface area (TPSA) is 236 Å². The number of aryl methyl sites for hydroxylation is 1. The lowest BCUT2D eigenvalue weighted by atomic mass is 9.88. The van der Waals surface area contributed by atoms with E-state index in [2.05, 4.69) is 47.2 Å². The van der Waals surface area contributed by atoms with Gasteiger partial charge in [0.05, 0.1) is 42.4 Å². The predicted molar refractivity (Wildman–Crippen MR) is 306 cm³/mol. The highest BCUT2D eigenvalue weighted by Crippen LogP contribution is 2.54. The number of anilines is 1. The summed E-state index contributed by atoms with van der Waals surface area (Å²) in [5, 5.41) is 49.9. The number of hydrogen-bond donors (Lipinski definition) is 5. The third kappa shape index (κ3) is 10.5. The molecule has 5 N–H and O–H groups in total. The van der Waals surface area contributed by atoms with Crippen LogP contribution >= 0.6 is 0 Å².